The van der Waals surface area contributed by atoms with Gasteiger partial charge in [-0.2, -0.15) is 0 Å². The summed E-state index contributed by atoms with van der Waals surface area (Å²) in [5.74, 6) is 0.729. The van der Waals surface area contributed by atoms with E-state index in [0.717, 1.165) is 16.3 Å². The van der Waals surface area contributed by atoms with E-state index in [4.69, 9.17) is 12.2 Å². The molecule has 0 saturated carbocycles. The highest BCUT2D eigenvalue weighted by Gasteiger charge is 2.17. The zero-order chi connectivity index (χ0) is 17.4. The normalized spacial score (nSPS) is 13.7. The van der Waals surface area contributed by atoms with Crippen molar-refractivity contribution in [3.05, 3.63) is 85.5 Å². The first-order valence-electron chi connectivity index (χ1n) is 7.87. The Morgan fingerprint density at radius 2 is 1.64 bits per heavy atom. The summed E-state index contributed by atoms with van der Waals surface area (Å²) < 4.78 is 2.39. The van der Waals surface area contributed by atoms with Gasteiger partial charge in [-0.25, -0.2) is 9.98 Å². The third-order valence-corrected chi connectivity index (χ3v) is 5.46. The molecule has 4 rings (SSSR count). The van der Waals surface area contributed by atoms with Gasteiger partial charge < -0.3 is 5.11 Å². The molecule has 0 spiro atoms. The highest BCUT2D eigenvalue weighted by atomic mass is 32.1. The Balaban J connectivity index is 1.76. The predicted octanol–water partition coefficient (Wildman–Crippen LogP) is 3.85. The standard InChI is InChI=1S/C19H15N3OS2/c1-12(13-7-3-2-4-8-13)22-18(23)16(25-19(22)24)11-17-20-14-9-5-6-10-15(14)21-17/h2-12,23H,1H3/t12-/m0/s1. The van der Waals surface area contributed by atoms with Crippen LogP contribution in [0.1, 0.15) is 23.4 Å². The average Bonchev–Trinajstić information content (AvgIpc) is 3.15. The summed E-state index contributed by atoms with van der Waals surface area (Å²) in [5.41, 5.74) is 1.09. The first-order valence-corrected chi connectivity index (χ1v) is 9.09. The molecule has 0 amide bonds. The number of aromatic hydroxyl groups is 1. The van der Waals surface area contributed by atoms with Crippen LogP contribution in [-0.4, -0.2) is 9.67 Å². The fourth-order valence-corrected chi connectivity index (χ4v) is 4.22. The zero-order valence-electron chi connectivity index (χ0n) is 13.5. The number of fused-ring (bicyclic) bond motifs is 1. The van der Waals surface area contributed by atoms with Crippen LogP contribution in [0.25, 0.3) is 6.08 Å². The summed E-state index contributed by atoms with van der Waals surface area (Å²) in [6.45, 7) is 2.02. The molecule has 2 heterocycles. The van der Waals surface area contributed by atoms with Crippen LogP contribution in [0.15, 0.2) is 70.4 Å². The fraction of sp³-hybridized carbons (Fsp3) is 0.105. The van der Waals surface area contributed by atoms with Gasteiger partial charge in [0.1, 0.15) is 0 Å². The van der Waals surface area contributed by atoms with Gasteiger partial charge in [-0.15, -0.1) is 11.3 Å². The Hall–Kier alpha value is -2.57. The molecule has 124 valence electrons. The molecule has 0 radical (unpaired) electrons. The van der Waals surface area contributed by atoms with Crippen LogP contribution in [0.5, 0.6) is 5.88 Å². The zero-order valence-corrected chi connectivity index (χ0v) is 15.1. The molecule has 0 bridgehead atoms. The molecule has 2 aromatic carbocycles. The van der Waals surface area contributed by atoms with Crippen molar-refractivity contribution in [1.82, 2.24) is 4.57 Å². The monoisotopic (exact) mass is 365 g/mol. The number of benzene rings is 2. The quantitative estimate of drug-likeness (QED) is 0.717. The highest BCUT2D eigenvalue weighted by molar-refractivity contribution is 7.73. The molecule has 6 heteroatoms. The summed E-state index contributed by atoms with van der Waals surface area (Å²) >= 11 is 6.84. The molecule has 25 heavy (non-hydrogen) atoms. The molecule has 1 N–H and O–H groups in total. The number of rotatable bonds is 3. The lowest BCUT2D eigenvalue weighted by atomic mass is 10.1. The van der Waals surface area contributed by atoms with Crippen LogP contribution >= 0.6 is 23.6 Å². The smallest absolute Gasteiger partial charge is 0.211 e. The van der Waals surface area contributed by atoms with E-state index in [9.17, 15) is 5.11 Å². The van der Waals surface area contributed by atoms with E-state index in [0.29, 0.717) is 14.7 Å². The van der Waals surface area contributed by atoms with E-state index < -0.39 is 0 Å². The van der Waals surface area contributed by atoms with Gasteiger partial charge in [-0.1, -0.05) is 42.5 Å². The summed E-state index contributed by atoms with van der Waals surface area (Å²) in [5, 5.41) is 12.4. The first kappa shape index (κ1) is 15.9. The van der Waals surface area contributed by atoms with E-state index in [1.54, 1.807) is 10.6 Å². The van der Waals surface area contributed by atoms with Crippen molar-refractivity contribution in [3.63, 3.8) is 0 Å². The third-order valence-electron chi connectivity index (χ3n) is 4.12. The van der Waals surface area contributed by atoms with E-state index in [-0.39, 0.29) is 11.9 Å². The van der Waals surface area contributed by atoms with Gasteiger partial charge in [0.25, 0.3) is 0 Å². The third kappa shape index (κ3) is 2.94. The molecular weight excluding hydrogens is 350 g/mol. The van der Waals surface area contributed by atoms with Crippen LogP contribution in [-0.2, 0) is 0 Å². The van der Waals surface area contributed by atoms with Crippen LogP contribution < -0.4 is 10.7 Å². The number of nitrogens with zero attached hydrogens (tertiary/aromatic N) is 3. The molecule has 0 unspecified atom stereocenters. The average molecular weight is 365 g/mol. The predicted molar refractivity (Wildman–Crippen MR) is 102 cm³/mol. The molecule has 1 aromatic heterocycles. The van der Waals surface area contributed by atoms with Gasteiger partial charge in [0.2, 0.25) is 5.88 Å². The second kappa shape index (κ2) is 6.38. The van der Waals surface area contributed by atoms with Crippen molar-refractivity contribution in [2.24, 2.45) is 9.98 Å². The molecule has 0 aliphatic carbocycles. The van der Waals surface area contributed by atoms with Crippen LogP contribution in [0.4, 0.5) is 0 Å². The summed E-state index contributed by atoms with van der Waals surface area (Å²) in [6.07, 6.45) is 1.78. The maximum Gasteiger partial charge on any atom is 0.211 e. The largest absolute Gasteiger partial charge is 0.493 e. The molecule has 1 aliphatic heterocycles. The minimum absolute atomic E-state index is 0.0493. The number of hydrogen-bond acceptors (Lipinski definition) is 5. The lowest BCUT2D eigenvalue weighted by Gasteiger charge is -2.14. The second-order valence-corrected chi connectivity index (χ2v) is 7.40. The maximum absolute atomic E-state index is 10.7. The summed E-state index contributed by atoms with van der Waals surface area (Å²) in [7, 11) is 0. The minimum Gasteiger partial charge on any atom is -0.493 e. The van der Waals surface area contributed by atoms with Crippen molar-refractivity contribution in [2.75, 3.05) is 0 Å². The molecule has 1 aliphatic rings. The number of hydrogen-bond donors (Lipinski definition) is 1. The first-order chi connectivity index (χ1) is 12.1. The van der Waals surface area contributed by atoms with E-state index >= 15 is 0 Å². The molecule has 0 saturated heterocycles. The van der Waals surface area contributed by atoms with Gasteiger partial charge in [0.15, 0.2) is 9.78 Å². The molecule has 4 nitrogen and oxygen atoms in total. The molecular formula is C19H15N3OS2. The number of para-hydroxylation sites is 2. The second-order valence-electron chi connectivity index (χ2n) is 5.73. The fourth-order valence-electron chi connectivity index (χ4n) is 2.82. The van der Waals surface area contributed by atoms with Gasteiger partial charge in [-0.3, -0.25) is 4.57 Å². The Labute approximate surface area is 153 Å². The van der Waals surface area contributed by atoms with E-state index in [2.05, 4.69) is 9.98 Å². The maximum atomic E-state index is 10.7. The van der Waals surface area contributed by atoms with Crippen molar-refractivity contribution >= 4 is 29.6 Å². The molecule has 0 fully saturated rings. The summed E-state index contributed by atoms with van der Waals surface area (Å²) in [6, 6.07) is 17.6. The number of thiazole rings is 1. The number of aromatic nitrogens is 1. The minimum atomic E-state index is -0.0493. The van der Waals surface area contributed by atoms with Crippen molar-refractivity contribution in [3.8, 4) is 5.88 Å². The van der Waals surface area contributed by atoms with E-state index in [1.807, 2.05) is 61.5 Å². The molecule has 1 atom stereocenters. The molecule has 3 aromatic rings. The van der Waals surface area contributed by atoms with Gasteiger partial charge >= 0.3 is 0 Å². The summed E-state index contributed by atoms with van der Waals surface area (Å²) in [4.78, 5) is 9.62. The van der Waals surface area contributed by atoms with Gasteiger partial charge in [-0.05, 0) is 36.8 Å². The van der Waals surface area contributed by atoms with E-state index in [1.165, 1.54) is 11.3 Å². The Bertz CT molecular complexity index is 1110. The van der Waals surface area contributed by atoms with Crippen LogP contribution in [0.2, 0.25) is 0 Å². The lowest BCUT2D eigenvalue weighted by Crippen LogP contribution is -2.19. The Kier molecular flexibility index (Phi) is 4.07. The van der Waals surface area contributed by atoms with Crippen molar-refractivity contribution in [1.29, 1.82) is 0 Å². The van der Waals surface area contributed by atoms with Gasteiger partial charge in [0.05, 0.1) is 21.6 Å². The lowest BCUT2D eigenvalue weighted by molar-refractivity contribution is 0.404. The Morgan fingerprint density at radius 1 is 1.04 bits per heavy atom. The van der Waals surface area contributed by atoms with Crippen LogP contribution in [0.3, 0.4) is 0 Å². The SMILES string of the molecule is C[C@@H](c1ccccc1)n1c(O)c(C=C2N=c3ccccc3=N2)sc1=S. The van der Waals surface area contributed by atoms with Crippen molar-refractivity contribution < 1.29 is 5.11 Å². The van der Waals surface area contributed by atoms with Crippen LogP contribution in [0, 0.1) is 3.95 Å². The van der Waals surface area contributed by atoms with Gasteiger partial charge in [0, 0.05) is 6.08 Å². The Morgan fingerprint density at radius 3 is 2.28 bits per heavy atom. The van der Waals surface area contributed by atoms with Crippen molar-refractivity contribution in [2.45, 2.75) is 13.0 Å². The highest BCUT2D eigenvalue weighted by Crippen LogP contribution is 2.34. The topological polar surface area (TPSA) is 49.9 Å².